The molecule has 2 amide bonds. The summed E-state index contributed by atoms with van der Waals surface area (Å²) in [6.45, 7) is 2.31. The van der Waals surface area contributed by atoms with Gasteiger partial charge in [-0.15, -0.1) is 0 Å². The van der Waals surface area contributed by atoms with Gasteiger partial charge in [0.1, 0.15) is 4.90 Å². The second kappa shape index (κ2) is 6.37. The number of nitrogens with one attached hydrogen (secondary N) is 1. The lowest BCUT2D eigenvalue weighted by atomic mass is 9.86. The van der Waals surface area contributed by atoms with E-state index in [0.29, 0.717) is 12.5 Å². The normalized spacial score (nSPS) is 28.4. The second-order valence-corrected chi connectivity index (χ2v) is 9.50. The Morgan fingerprint density at radius 3 is 2.73 bits per heavy atom. The monoisotopic (exact) mass is 376 g/mol. The van der Waals surface area contributed by atoms with Crippen LogP contribution < -0.4 is 5.32 Å². The molecule has 7 heteroatoms. The summed E-state index contributed by atoms with van der Waals surface area (Å²) in [6.07, 6.45) is 6.31. The minimum absolute atomic E-state index is 0.0647. The fraction of sp³-hybridized carbons (Fsp3) is 0.579. The van der Waals surface area contributed by atoms with Crippen molar-refractivity contribution in [3.63, 3.8) is 0 Å². The standard InChI is InChI=1S/C19H24N2O4S/c1-2-21-19(23)16-6-5-15(11-17(16)26(21,24)25)18(22)20-8-7-14-10-12-3-4-13(14)9-12/h5-6,11-14H,2-4,7-10H2,1H3,(H,20,22)/t12-,13-,14-/m0/s1. The molecule has 1 N–H and O–H groups in total. The van der Waals surface area contributed by atoms with Gasteiger partial charge < -0.3 is 5.32 Å². The van der Waals surface area contributed by atoms with Crippen LogP contribution in [-0.2, 0) is 10.0 Å². The Kier molecular flexibility index (Phi) is 4.29. The molecule has 1 aromatic carbocycles. The number of nitrogens with zero attached hydrogens (tertiary/aromatic N) is 1. The van der Waals surface area contributed by atoms with Crippen LogP contribution in [0.1, 0.15) is 59.7 Å². The summed E-state index contributed by atoms with van der Waals surface area (Å²) >= 11 is 0. The lowest BCUT2D eigenvalue weighted by Crippen LogP contribution is -2.29. The third-order valence-electron chi connectivity index (χ3n) is 6.24. The molecule has 1 aromatic rings. The van der Waals surface area contributed by atoms with Crippen molar-refractivity contribution < 1.29 is 18.0 Å². The highest BCUT2D eigenvalue weighted by Gasteiger charge is 2.41. The van der Waals surface area contributed by atoms with Crippen LogP contribution in [0, 0.1) is 17.8 Å². The van der Waals surface area contributed by atoms with Crippen LogP contribution in [0.5, 0.6) is 0 Å². The van der Waals surface area contributed by atoms with Crippen molar-refractivity contribution >= 4 is 21.8 Å². The van der Waals surface area contributed by atoms with Gasteiger partial charge in [0.05, 0.1) is 5.56 Å². The van der Waals surface area contributed by atoms with Crippen molar-refractivity contribution in [1.82, 2.24) is 9.62 Å². The Morgan fingerprint density at radius 2 is 2.08 bits per heavy atom. The van der Waals surface area contributed by atoms with E-state index in [1.54, 1.807) is 6.92 Å². The quantitative estimate of drug-likeness (QED) is 0.855. The first-order chi connectivity index (χ1) is 12.4. The van der Waals surface area contributed by atoms with Crippen molar-refractivity contribution in [1.29, 1.82) is 0 Å². The lowest BCUT2D eigenvalue weighted by Gasteiger charge is -2.21. The van der Waals surface area contributed by atoms with Crippen LogP contribution in [0.2, 0.25) is 0 Å². The van der Waals surface area contributed by atoms with E-state index in [2.05, 4.69) is 5.32 Å². The highest BCUT2D eigenvalue weighted by Crippen LogP contribution is 2.49. The molecule has 2 saturated carbocycles. The van der Waals surface area contributed by atoms with Gasteiger partial charge in [-0.3, -0.25) is 9.59 Å². The first-order valence-electron chi connectivity index (χ1n) is 9.41. The van der Waals surface area contributed by atoms with Crippen molar-refractivity contribution in [3.8, 4) is 0 Å². The molecule has 0 spiro atoms. The molecule has 0 aromatic heterocycles. The number of rotatable bonds is 5. The highest BCUT2D eigenvalue weighted by atomic mass is 32.2. The molecule has 0 radical (unpaired) electrons. The van der Waals surface area contributed by atoms with Crippen LogP contribution in [0.3, 0.4) is 0 Å². The first kappa shape index (κ1) is 17.5. The smallest absolute Gasteiger partial charge is 0.268 e. The molecular weight excluding hydrogens is 352 g/mol. The Hall–Kier alpha value is -1.89. The molecule has 140 valence electrons. The van der Waals surface area contributed by atoms with E-state index in [9.17, 15) is 18.0 Å². The third kappa shape index (κ3) is 2.73. The summed E-state index contributed by atoms with van der Waals surface area (Å²) in [7, 11) is -3.84. The van der Waals surface area contributed by atoms with E-state index in [1.165, 1.54) is 43.9 Å². The van der Waals surface area contributed by atoms with Gasteiger partial charge in [-0.2, -0.15) is 0 Å². The third-order valence-corrected chi connectivity index (χ3v) is 8.14. The Bertz CT molecular complexity index is 864. The fourth-order valence-corrected chi connectivity index (χ4v) is 6.54. The maximum atomic E-state index is 12.4. The van der Waals surface area contributed by atoms with Crippen molar-refractivity contribution in [2.45, 2.75) is 43.9 Å². The average molecular weight is 376 g/mol. The molecular formula is C19H24N2O4S. The van der Waals surface area contributed by atoms with Crippen LogP contribution in [0.4, 0.5) is 0 Å². The number of benzene rings is 1. The van der Waals surface area contributed by atoms with Gasteiger partial charge in [-0.25, -0.2) is 12.7 Å². The number of hydrogen-bond donors (Lipinski definition) is 1. The maximum Gasteiger partial charge on any atom is 0.268 e. The molecule has 3 aliphatic rings. The summed E-state index contributed by atoms with van der Waals surface area (Å²) in [5.41, 5.74) is 0.427. The first-order valence-corrected chi connectivity index (χ1v) is 10.8. The van der Waals surface area contributed by atoms with Crippen molar-refractivity contribution in [2.24, 2.45) is 17.8 Å². The lowest BCUT2D eigenvalue weighted by molar-refractivity contribution is 0.0874. The van der Waals surface area contributed by atoms with E-state index >= 15 is 0 Å². The zero-order valence-electron chi connectivity index (χ0n) is 14.9. The zero-order valence-corrected chi connectivity index (χ0v) is 15.7. The fourth-order valence-electron chi connectivity index (χ4n) is 4.93. The SMILES string of the molecule is CCN1C(=O)c2ccc(C(=O)NCC[C@H]3C[C@H]4CC[C@H]3C4)cc2S1(=O)=O. The number of hydrogen-bond acceptors (Lipinski definition) is 4. The van der Waals surface area contributed by atoms with E-state index in [-0.39, 0.29) is 28.5 Å². The number of sulfonamides is 1. The Balaban J connectivity index is 1.42. The summed E-state index contributed by atoms with van der Waals surface area (Å²) in [5, 5.41) is 2.91. The Morgan fingerprint density at radius 1 is 1.27 bits per heavy atom. The molecule has 1 heterocycles. The Labute approximate surface area is 154 Å². The van der Waals surface area contributed by atoms with Crippen molar-refractivity contribution in [2.75, 3.05) is 13.1 Å². The highest BCUT2D eigenvalue weighted by molar-refractivity contribution is 7.90. The minimum atomic E-state index is -3.84. The van der Waals surface area contributed by atoms with E-state index in [4.69, 9.17) is 0 Å². The van der Waals surface area contributed by atoms with Crippen LogP contribution in [0.25, 0.3) is 0 Å². The predicted octanol–water partition coefficient (Wildman–Crippen LogP) is 2.41. The van der Waals surface area contributed by atoms with Gasteiger partial charge in [-0.05, 0) is 68.6 Å². The van der Waals surface area contributed by atoms with E-state index < -0.39 is 15.9 Å². The molecule has 6 nitrogen and oxygen atoms in total. The maximum absolute atomic E-state index is 12.4. The molecule has 0 unspecified atom stereocenters. The number of fused-ring (bicyclic) bond motifs is 3. The average Bonchev–Trinajstić information content (AvgIpc) is 3.28. The van der Waals surface area contributed by atoms with Gasteiger partial charge in [0, 0.05) is 18.7 Å². The molecule has 4 rings (SSSR count). The summed E-state index contributed by atoms with van der Waals surface area (Å²) in [6, 6.07) is 4.29. The topological polar surface area (TPSA) is 83.6 Å². The van der Waals surface area contributed by atoms with Gasteiger partial charge in [0.25, 0.3) is 21.8 Å². The van der Waals surface area contributed by atoms with Crippen molar-refractivity contribution in [3.05, 3.63) is 29.3 Å². The van der Waals surface area contributed by atoms with Crippen LogP contribution in [-0.4, -0.2) is 37.6 Å². The molecule has 26 heavy (non-hydrogen) atoms. The number of carbonyl (C=O) groups is 2. The van der Waals surface area contributed by atoms with Gasteiger partial charge in [-0.1, -0.05) is 6.42 Å². The summed E-state index contributed by atoms with van der Waals surface area (Å²) in [4.78, 5) is 24.5. The zero-order chi connectivity index (χ0) is 18.5. The van der Waals surface area contributed by atoms with E-state index in [0.717, 1.165) is 22.6 Å². The number of amides is 2. The summed E-state index contributed by atoms with van der Waals surface area (Å²) < 4.78 is 25.7. The summed E-state index contributed by atoms with van der Waals surface area (Å²) in [5.74, 6) is 1.62. The van der Waals surface area contributed by atoms with Gasteiger partial charge in [0.2, 0.25) is 0 Å². The minimum Gasteiger partial charge on any atom is -0.352 e. The predicted molar refractivity (Wildman–Crippen MR) is 96.2 cm³/mol. The molecule has 0 saturated heterocycles. The molecule has 3 atom stereocenters. The van der Waals surface area contributed by atoms with E-state index in [1.807, 2.05) is 0 Å². The molecule has 2 fully saturated rings. The molecule has 2 aliphatic carbocycles. The van der Waals surface area contributed by atoms with Gasteiger partial charge in [0.15, 0.2) is 0 Å². The number of carbonyl (C=O) groups excluding carboxylic acids is 2. The second-order valence-electron chi connectivity index (χ2n) is 7.67. The largest absolute Gasteiger partial charge is 0.352 e. The molecule has 1 aliphatic heterocycles. The van der Waals surface area contributed by atoms with Crippen LogP contribution >= 0.6 is 0 Å². The van der Waals surface area contributed by atoms with Crippen LogP contribution in [0.15, 0.2) is 23.1 Å². The molecule has 2 bridgehead atoms. The van der Waals surface area contributed by atoms with Gasteiger partial charge >= 0.3 is 0 Å².